The van der Waals surface area contributed by atoms with Gasteiger partial charge in [0.15, 0.2) is 0 Å². The zero-order valence-corrected chi connectivity index (χ0v) is 19.1. The van der Waals surface area contributed by atoms with E-state index in [1.165, 1.54) is 0 Å². The summed E-state index contributed by atoms with van der Waals surface area (Å²) in [7, 11) is 5.65. The Labute approximate surface area is 175 Å². The summed E-state index contributed by atoms with van der Waals surface area (Å²) in [4.78, 5) is 32.3. The van der Waals surface area contributed by atoms with Crippen molar-refractivity contribution in [3.05, 3.63) is 24.0 Å². The standard InChI is InChI=1S/C21H37N5O3/c1-15(2)18(24-20(28)29-21(3,4)5)11-12-26(8)19(27)23-13-16-9-10-17(14-22-16)25(6)7/h9-10,14-15,18H,11-13H2,1-8H3,(H,23,27)(H,24,28). The van der Waals surface area contributed by atoms with Crippen molar-refractivity contribution in [1.82, 2.24) is 20.5 Å². The minimum Gasteiger partial charge on any atom is -0.444 e. The number of anilines is 1. The molecule has 3 amide bonds. The molecule has 0 aliphatic heterocycles. The second-order valence-corrected chi connectivity index (χ2v) is 8.77. The van der Waals surface area contributed by atoms with Crippen molar-refractivity contribution in [2.75, 3.05) is 32.6 Å². The fraction of sp³-hybridized carbons (Fsp3) is 0.667. The summed E-state index contributed by atoms with van der Waals surface area (Å²) in [6.07, 6.45) is 1.98. The van der Waals surface area contributed by atoms with Gasteiger partial charge in [0.2, 0.25) is 0 Å². The van der Waals surface area contributed by atoms with E-state index in [0.717, 1.165) is 11.4 Å². The molecule has 1 unspecified atom stereocenters. The predicted octanol–water partition coefficient (Wildman–Crippen LogP) is 3.23. The van der Waals surface area contributed by atoms with Crippen LogP contribution in [0.2, 0.25) is 0 Å². The zero-order chi connectivity index (χ0) is 22.2. The largest absolute Gasteiger partial charge is 0.444 e. The second kappa shape index (κ2) is 10.9. The highest BCUT2D eigenvalue weighted by Gasteiger charge is 2.22. The average molecular weight is 408 g/mol. The van der Waals surface area contributed by atoms with Gasteiger partial charge >= 0.3 is 12.1 Å². The number of ether oxygens (including phenoxy) is 1. The predicted molar refractivity (Wildman–Crippen MR) is 116 cm³/mol. The quantitative estimate of drug-likeness (QED) is 0.691. The van der Waals surface area contributed by atoms with Gasteiger partial charge in [-0.3, -0.25) is 4.98 Å². The molecular formula is C21H37N5O3. The van der Waals surface area contributed by atoms with Crippen LogP contribution >= 0.6 is 0 Å². The summed E-state index contributed by atoms with van der Waals surface area (Å²) in [5.41, 5.74) is 1.26. The molecule has 1 heterocycles. The third kappa shape index (κ3) is 9.49. The topological polar surface area (TPSA) is 86.8 Å². The van der Waals surface area contributed by atoms with Crippen molar-refractivity contribution in [3.63, 3.8) is 0 Å². The minimum atomic E-state index is -0.541. The molecule has 1 aromatic rings. The van der Waals surface area contributed by atoms with Crippen molar-refractivity contribution in [2.45, 2.75) is 59.2 Å². The van der Waals surface area contributed by atoms with Crippen LogP contribution in [0, 0.1) is 5.92 Å². The lowest BCUT2D eigenvalue weighted by molar-refractivity contribution is 0.0485. The summed E-state index contributed by atoms with van der Waals surface area (Å²) >= 11 is 0. The van der Waals surface area contributed by atoms with E-state index >= 15 is 0 Å². The summed E-state index contributed by atoms with van der Waals surface area (Å²) in [5.74, 6) is 0.221. The number of amides is 3. The lowest BCUT2D eigenvalue weighted by Gasteiger charge is -2.27. The maximum atomic E-state index is 12.4. The van der Waals surface area contributed by atoms with Crippen molar-refractivity contribution < 1.29 is 14.3 Å². The Morgan fingerprint density at radius 3 is 2.31 bits per heavy atom. The van der Waals surface area contributed by atoms with Crippen molar-refractivity contribution in [2.24, 2.45) is 5.92 Å². The van der Waals surface area contributed by atoms with Crippen molar-refractivity contribution in [1.29, 1.82) is 0 Å². The van der Waals surface area contributed by atoms with Gasteiger partial charge in [0.1, 0.15) is 5.60 Å². The highest BCUT2D eigenvalue weighted by Crippen LogP contribution is 2.12. The van der Waals surface area contributed by atoms with Crippen molar-refractivity contribution >= 4 is 17.8 Å². The molecule has 0 saturated carbocycles. The van der Waals surface area contributed by atoms with E-state index in [0.29, 0.717) is 19.5 Å². The number of urea groups is 1. The van der Waals surface area contributed by atoms with E-state index in [2.05, 4.69) is 15.6 Å². The molecule has 0 radical (unpaired) electrons. The van der Waals surface area contributed by atoms with E-state index < -0.39 is 11.7 Å². The van der Waals surface area contributed by atoms with Gasteiger partial charge in [-0.05, 0) is 45.2 Å². The van der Waals surface area contributed by atoms with Crippen LogP contribution in [0.3, 0.4) is 0 Å². The highest BCUT2D eigenvalue weighted by atomic mass is 16.6. The molecular weight excluding hydrogens is 370 g/mol. The first-order valence-electron chi connectivity index (χ1n) is 9.99. The lowest BCUT2D eigenvalue weighted by atomic mass is 10.0. The molecule has 0 bridgehead atoms. The molecule has 0 saturated heterocycles. The lowest BCUT2D eigenvalue weighted by Crippen LogP contribution is -2.45. The van der Waals surface area contributed by atoms with Gasteiger partial charge in [0, 0.05) is 33.7 Å². The van der Waals surface area contributed by atoms with Crippen LogP contribution in [0.4, 0.5) is 15.3 Å². The van der Waals surface area contributed by atoms with Crippen molar-refractivity contribution in [3.8, 4) is 0 Å². The number of nitrogens with zero attached hydrogens (tertiary/aromatic N) is 3. The van der Waals surface area contributed by atoms with Crippen LogP contribution in [0.1, 0.15) is 46.7 Å². The van der Waals surface area contributed by atoms with Crippen LogP contribution in [0.25, 0.3) is 0 Å². The third-order valence-electron chi connectivity index (χ3n) is 4.38. The summed E-state index contributed by atoms with van der Waals surface area (Å²) in [6, 6.07) is 3.60. The average Bonchev–Trinajstić information content (AvgIpc) is 2.61. The summed E-state index contributed by atoms with van der Waals surface area (Å²) < 4.78 is 5.33. The van der Waals surface area contributed by atoms with E-state index in [-0.39, 0.29) is 18.0 Å². The van der Waals surface area contributed by atoms with Crippen LogP contribution in [0.5, 0.6) is 0 Å². The van der Waals surface area contributed by atoms with E-state index in [1.807, 2.05) is 65.7 Å². The van der Waals surface area contributed by atoms with E-state index in [9.17, 15) is 9.59 Å². The second-order valence-electron chi connectivity index (χ2n) is 8.77. The number of nitrogens with one attached hydrogen (secondary N) is 2. The minimum absolute atomic E-state index is 0.0830. The summed E-state index contributed by atoms with van der Waals surface area (Å²) in [6.45, 7) is 10.4. The van der Waals surface area contributed by atoms with Crippen LogP contribution in [-0.2, 0) is 11.3 Å². The number of alkyl carbamates (subject to hydrolysis) is 1. The highest BCUT2D eigenvalue weighted by molar-refractivity contribution is 5.73. The zero-order valence-electron chi connectivity index (χ0n) is 19.1. The Hall–Kier alpha value is -2.51. The monoisotopic (exact) mass is 407 g/mol. The molecule has 8 heteroatoms. The molecule has 0 aliphatic carbocycles. The fourth-order valence-electron chi connectivity index (χ4n) is 2.55. The summed E-state index contributed by atoms with van der Waals surface area (Å²) in [5, 5.41) is 5.78. The maximum absolute atomic E-state index is 12.4. The number of carbonyl (C=O) groups excluding carboxylic acids is 2. The molecule has 2 N–H and O–H groups in total. The smallest absolute Gasteiger partial charge is 0.407 e. The van der Waals surface area contributed by atoms with Gasteiger partial charge in [-0.15, -0.1) is 0 Å². The molecule has 8 nitrogen and oxygen atoms in total. The van der Waals surface area contributed by atoms with Crippen LogP contribution < -0.4 is 15.5 Å². The number of aromatic nitrogens is 1. The van der Waals surface area contributed by atoms with Gasteiger partial charge in [0.25, 0.3) is 0 Å². The molecule has 164 valence electrons. The Morgan fingerprint density at radius 2 is 1.83 bits per heavy atom. The van der Waals surface area contributed by atoms with Crippen LogP contribution in [-0.4, -0.2) is 61.3 Å². The molecule has 0 aliphatic rings. The van der Waals surface area contributed by atoms with E-state index in [4.69, 9.17) is 4.74 Å². The molecule has 1 atom stereocenters. The first kappa shape index (κ1) is 24.5. The van der Waals surface area contributed by atoms with Gasteiger partial charge in [-0.25, -0.2) is 9.59 Å². The van der Waals surface area contributed by atoms with Gasteiger partial charge in [0.05, 0.1) is 24.1 Å². The SMILES string of the molecule is CC(C)C(CCN(C)C(=O)NCc1ccc(N(C)C)cn1)NC(=O)OC(C)(C)C. The fourth-order valence-corrected chi connectivity index (χ4v) is 2.55. The third-order valence-corrected chi connectivity index (χ3v) is 4.38. The molecule has 0 fully saturated rings. The van der Waals surface area contributed by atoms with Crippen LogP contribution in [0.15, 0.2) is 18.3 Å². The van der Waals surface area contributed by atoms with Gasteiger partial charge in [-0.2, -0.15) is 0 Å². The molecule has 1 rings (SSSR count). The Morgan fingerprint density at radius 1 is 1.17 bits per heavy atom. The number of hydrogen-bond donors (Lipinski definition) is 2. The Kier molecular flexibility index (Phi) is 9.20. The Bertz CT molecular complexity index is 653. The first-order chi connectivity index (χ1) is 13.4. The van der Waals surface area contributed by atoms with E-state index in [1.54, 1.807) is 18.1 Å². The molecule has 29 heavy (non-hydrogen) atoms. The van der Waals surface area contributed by atoms with Gasteiger partial charge < -0.3 is 25.2 Å². The Balaban J connectivity index is 2.48. The molecule has 0 spiro atoms. The number of rotatable bonds is 8. The number of pyridine rings is 1. The molecule has 1 aromatic heterocycles. The molecule has 0 aromatic carbocycles. The first-order valence-corrected chi connectivity index (χ1v) is 9.99. The number of hydrogen-bond acceptors (Lipinski definition) is 5. The van der Waals surface area contributed by atoms with Gasteiger partial charge in [-0.1, -0.05) is 13.8 Å². The normalized spacial score (nSPS) is 12.3. The number of carbonyl (C=O) groups is 2. The maximum Gasteiger partial charge on any atom is 0.407 e.